The standard InChI is InChI=1S/C22H26FN5/c1-15-11-18(12-16(2)22(15)23)14-28-10-9-21(26-28)25-20(24)13-17-5-7-19(8-6-17)27(3)4/h5-12H,13-14H2,1-4H3,(H2,24,25,26). The molecule has 2 aromatic carbocycles. The van der Waals surface area contributed by atoms with E-state index in [4.69, 9.17) is 5.73 Å². The van der Waals surface area contributed by atoms with Crippen LogP contribution in [-0.2, 0) is 13.0 Å². The predicted molar refractivity (Wildman–Crippen MR) is 113 cm³/mol. The third-order valence-electron chi connectivity index (χ3n) is 4.56. The van der Waals surface area contributed by atoms with E-state index in [1.807, 2.05) is 38.5 Å². The molecule has 0 saturated heterocycles. The summed E-state index contributed by atoms with van der Waals surface area (Å²) >= 11 is 0. The van der Waals surface area contributed by atoms with Crippen molar-refractivity contribution < 1.29 is 4.39 Å². The molecule has 0 amide bonds. The maximum Gasteiger partial charge on any atom is 0.175 e. The quantitative estimate of drug-likeness (QED) is 0.520. The Bertz CT molecular complexity index is 963. The fourth-order valence-electron chi connectivity index (χ4n) is 3.12. The van der Waals surface area contributed by atoms with E-state index in [1.165, 1.54) is 0 Å². The molecule has 5 nitrogen and oxygen atoms in total. The van der Waals surface area contributed by atoms with Crippen LogP contribution < -0.4 is 10.6 Å². The number of aromatic nitrogens is 2. The van der Waals surface area contributed by atoms with Gasteiger partial charge in [-0.05, 0) is 48.2 Å². The first-order valence-electron chi connectivity index (χ1n) is 9.20. The van der Waals surface area contributed by atoms with E-state index in [-0.39, 0.29) is 5.82 Å². The molecule has 2 N–H and O–H groups in total. The van der Waals surface area contributed by atoms with E-state index in [0.717, 1.165) is 16.8 Å². The van der Waals surface area contributed by atoms with Gasteiger partial charge in [0.05, 0.1) is 6.54 Å². The molecule has 0 atom stereocenters. The van der Waals surface area contributed by atoms with Gasteiger partial charge in [-0.1, -0.05) is 24.3 Å². The molecule has 0 spiro atoms. The molecule has 0 fully saturated rings. The largest absolute Gasteiger partial charge is 0.387 e. The summed E-state index contributed by atoms with van der Waals surface area (Å²) in [6, 6.07) is 13.7. The van der Waals surface area contributed by atoms with Gasteiger partial charge in [0.15, 0.2) is 5.82 Å². The highest BCUT2D eigenvalue weighted by molar-refractivity contribution is 5.84. The third kappa shape index (κ3) is 4.76. The second-order valence-corrected chi connectivity index (χ2v) is 7.26. The second-order valence-electron chi connectivity index (χ2n) is 7.26. The summed E-state index contributed by atoms with van der Waals surface area (Å²) in [5, 5.41) is 4.45. The fraction of sp³-hybridized carbons (Fsp3) is 0.273. The zero-order valence-corrected chi connectivity index (χ0v) is 16.8. The van der Waals surface area contributed by atoms with Gasteiger partial charge in [0.2, 0.25) is 0 Å². The number of nitrogens with two attached hydrogens (primary N) is 1. The molecule has 28 heavy (non-hydrogen) atoms. The van der Waals surface area contributed by atoms with Crippen molar-refractivity contribution in [3.05, 3.63) is 76.7 Å². The maximum atomic E-state index is 13.8. The fourth-order valence-corrected chi connectivity index (χ4v) is 3.12. The Morgan fingerprint density at radius 2 is 1.71 bits per heavy atom. The lowest BCUT2D eigenvalue weighted by molar-refractivity contribution is 0.605. The number of anilines is 1. The minimum atomic E-state index is -0.152. The number of aliphatic imine (C=N–C) groups is 1. The molecule has 0 saturated carbocycles. The Balaban J connectivity index is 1.67. The van der Waals surface area contributed by atoms with Crippen LogP contribution in [0.4, 0.5) is 15.9 Å². The molecule has 0 unspecified atom stereocenters. The first kappa shape index (κ1) is 19.6. The summed E-state index contributed by atoms with van der Waals surface area (Å²) in [7, 11) is 4.02. The van der Waals surface area contributed by atoms with Crippen molar-refractivity contribution in [2.45, 2.75) is 26.8 Å². The number of hydrogen-bond donors (Lipinski definition) is 1. The molecule has 6 heteroatoms. The molecule has 1 aromatic heterocycles. The summed E-state index contributed by atoms with van der Waals surface area (Å²) in [5.74, 6) is 0.926. The van der Waals surface area contributed by atoms with Gasteiger partial charge >= 0.3 is 0 Å². The van der Waals surface area contributed by atoms with Crippen LogP contribution in [0, 0.1) is 19.7 Å². The maximum absolute atomic E-state index is 13.8. The van der Waals surface area contributed by atoms with Crippen molar-refractivity contribution >= 4 is 17.3 Å². The number of hydrogen-bond acceptors (Lipinski definition) is 3. The van der Waals surface area contributed by atoms with Gasteiger partial charge < -0.3 is 10.6 Å². The predicted octanol–water partition coefficient (Wildman–Crippen LogP) is 3.98. The van der Waals surface area contributed by atoms with Crippen molar-refractivity contribution in [1.29, 1.82) is 0 Å². The van der Waals surface area contributed by atoms with Gasteiger partial charge in [-0.25, -0.2) is 9.38 Å². The highest BCUT2D eigenvalue weighted by Gasteiger charge is 2.06. The highest BCUT2D eigenvalue weighted by Crippen LogP contribution is 2.17. The molecule has 0 aliphatic heterocycles. The minimum absolute atomic E-state index is 0.152. The van der Waals surface area contributed by atoms with Crippen molar-refractivity contribution in [1.82, 2.24) is 9.78 Å². The molecule has 146 valence electrons. The molecule has 1 heterocycles. The number of rotatable bonds is 6. The Hall–Kier alpha value is -3.15. The lowest BCUT2D eigenvalue weighted by Crippen LogP contribution is -2.15. The smallest absolute Gasteiger partial charge is 0.175 e. The zero-order valence-electron chi connectivity index (χ0n) is 16.8. The lowest BCUT2D eigenvalue weighted by Gasteiger charge is -2.12. The SMILES string of the molecule is Cc1cc(Cn2ccc(N=C(N)Cc3ccc(N(C)C)cc3)n2)cc(C)c1F. The summed E-state index contributed by atoms with van der Waals surface area (Å²) in [4.78, 5) is 6.47. The molecule has 0 aliphatic carbocycles. The van der Waals surface area contributed by atoms with E-state index >= 15 is 0 Å². The Morgan fingerprint density at radius 1 is 1.07 bits per heavy atom. The van der Waals surface area contributed by atoms with E-state index in [1.54, 1.807) is 18.5 Å². The van der Waals surface area contributed by atoms with Crippen molar-refractivity contribution in [2.24, 2.45) is 10.7 Å². The molecule has 3 rings (SSSR count). The molecule has 0 radical (unpaired) electrons. The van der Waals surface area contributed by atoms with E-state index in [2.05, 4.69) is 39.3 Å². The Labute approximate surface area is 165 Å². The molecular formula is C22H26FN5. The highest BCUT2D eigenvalue weighted by atomic mass is 19.1. The number of amidine groups is 1. The van der Waals surface area contributed by atoms with Crippen molar-refractivity contribution in [3.63, 3.8) is 0 Å². The Kier molecular flexibility index (Phi) is 5.78. The summed E-state index contributed by atoms with van der Waals surface area (Å²) in [6.45, 7) is 4.11. The van der Waals surface area contributed by atoms with Gasteiger partial charge in [0, 0.05) is 38.5 Å². The minimum Gasteiger partial charge on any atom is -0.387 e. The van der Waals surface area contributed by atoms with Crippen LogP contribution in [-0.4, -0.2) is 29.7 Å². The third-order valence-corrected chi connectivity index (χ3v) is 4.56. The monoisotopic (exact) mass is 379 g/mol. The normalized spacial score (nSPS) is 11.7. The summed E-state index contributed by atoms with van der Waals surface area (Å²) in [5.41, 5.74) is 10.6. The van der Waals surface area contributed by atoms with Crippen molar-refractivity contribution in [3.8, 4) is 0 Å². The van der Waals surface area contributed by atoms with Crippen LogP contribution in [0.5, 0.6) is 0 Å². The van der Waals surface area contributed by atoms with Gasteiger partial charge in [-0.2, -0.15) is 5.10 Å². The number of halogens is 1. The van der Waals surface area contributed by atoms with Crippen LogP contribution in [0.1, 0.15) is 22.3 Å². The van der Waals surface area contributed by atoms with Crippen LogP contribution in [0.2, 0.25) is 0 Å². The first-order valence-corrected chi connectivity index (χ1v) is 9.20. The second kappa shape index (κ2) is 8.25. The number of benzene rings is 2. The van der Waals surface area contributed by atoms with Gasteiger partial charge in [0.25, 0.3) is 0 Å². The van der Waals surface area contributed by atoms with Crippen molar-refractivity contribution in [2.75, 3.05) is 19.0 Å². The van der Waals surface area contributed by atoms with Crippen LogP contribution in [0.3, 0.4) is 0 Å². The summed E-state index contributed by atoms with van der Waals surface area (Å²) < 4.78 is 15.6. The van der Waals surface area contributed by atoms with Gasteiger partial charge in [-0.3, -0.25) is 4.68 Å². The van der Waals surface area contributed by atoms with Crippen LogP contribution in [0.15, 0.2) is 53.7 Å². The lowest BCUT2D eigenvalue weighted by atomic mass is 10.1. The first-order chi connectivity index (χ1) is 13.3. The number of nitrogens with zero attached hydrogens (tertiary/aromatic N) is 4. The molecule has 0 bridgehead atoms. The van der Waals surface area contributed by atoms with E-state index in [9.17, 15) is 4.39 Å². The number of aryl methyl sites for hydroxylation is 2. The van der Waals surface area contributed by atoms with E-state index < -0.39 is 0 Å². The molecule has 3 aromatic rings. The van der Waals surface area contributed by atoms with E-state index in [0.29, 0.717) is 35.7 Å². The summed E-state index contributed by atoms with van der Waals surface area (Å²) in [6.07, 6.45) is 2.42. The molecule has 0 aliphatic rings. The van der Waals surface area contributed by atoms with Crippen LogP contribution >= 0.6 is 0 Å². The average Bonchev–Trinajstić information content (AvgIpc) is 3.06. The Morgan fingerprint density at radius 3 is 2.32 bits per heavy atom. The molecular weight excluding hydrogens is 353 g/mol. The van der Waals surface area contributed by atoms with Crippen LogP contribution in [0.25, 0.3) is 0 Å². The topological polar surface area (TPSA) is 59.4 Å². The average molecular weight is 379 g/mol. The van der Waals surface area contributed by atoms with Gasteiger partial charge in [0.1, 0.15) is 11.7 Å². The van der Waals surface area contributed by atoms with Gasteiger partial charge in [-0.15, -0.1) is 0 Å². The zero-order chi connectivity index (χ0) is 20.3.